The Morgan fingerprint density at radius 3 is 2.74 bits per heavy atom. The van der Waals surface area contributed by atoms with Gasteiger partial charge in [0.1, 0.15) is 12.2 Å². The zero-order valence-electron chi connectivity index (χ0n) is 13.1. The van der Waals surface area contributed by atoms with E-state index in [1.165, 1.54) is 26.5 Å². The van der Waals surface area contributed by atoms with Crippen LogP contribution in [0.4, 0.5) is 0 Å². The van der Waals surface area contributed by atoms with Crippen molar-refractivity contribution in [3.8, 4) is 0 Å². The fourth-order valence-corrected chi connectivity index (χ4v) is 2.67. The second kappa shape index (κ2) is 7.07. The van der Waals surface area contributed by atoms with Crippen molar-refractivity contribution in [2.45, 2.75) is 37.9 Å². The van der Waals surface area contributed by atoms with Gasteiger partial charge in [0.15, 0.2) is 6.23 Å². The third-order valence-corrected chi connectivity index (χ3v) is 3.90. The van der Waals surface area contributed by atoms with Crippen molar-refractivity contribution >= 4 is 5.97 Å². The quantitative estimate of drug-likeness (QED) is 0.666. The molecule has 128 valence electrons. The monoisotopic (exact) mass is 328 g/mol. The van der Waals surface area contributed by atoms with E-state index in [1.807, 2.05) is 0 Å². The van der Waals surface area contributed by atoms with Crippen LogP contribution in [0.25, 0.3) is 0 Å². The zero-order chi connectivity index (χ0) is 17.1. The molecule has 1 aliphatic rings. The number of esters is 1. The van der Waals surface area contributed by atoms with Crippen molar-refractivity contribution in [1.82, 2.24) is 9.55 Å². The number of hydrogen-bond acceptors (Lipinski definition) is 7. The second-order valence-electron chi connectivity index (χ2n) is 5.43. The summed E-state index contributed by atoms with van der Waals surface area (Å²) in [7, 11) is 2.67. The first-order valence-electron chi connectivity index (χ1n) is 7.14. The molecule has 0 spiro atoms. The number of methoxy groups -OCH3 is 2. The van der Waals surface area contributed by atoms with Crippen molar-refractivity contribution in [3.05, 3.63) is 33.1 Å². The summed E-state index contributed by atoms with van der Waals surface area (Å²) in [5, 5.41) is 10.3. The van der Waals surface area contributed by atoms with E-state index >= 15 is 0 Å². The smallest absolute Gasteiger partial charge is 0.330 e. The molecule has 1 saturated heterocycles. The summed E-state index contributed by atoms with van der Waals surface area (Å²) in [6, 6.07) is 1.17. The van der Waals surface area contributed by atoms with Crippen molar-refractivity contribution < 1.29 is 24.1 Å². The molecular weight excluding hydrogens is 308 g/mol. The van der Waals surface area contributed by atoms with Crippen LogP contribution in [0.2, 0.25) is 0 Å². The molecule has 23 heavy (non-hydrogen) atoms. The molecule has 0 aliphatic carbocycles. The second-order valence-corrected chi connectivity index (χ2v) is 5.43. The van der Waals surface area contributed by atoms with E-state index < -0.39 is 47.7 Å². The van der Waals surface area contributed by atoms with E-state index in [1.54, 1.807) is 6.92 Å². The van der Waals surface area contributed by atoms with Crippen LogP contribution in [0.3, 0.4) is 0 Å². The van der Waals surface area contributed by atoms with Crippen molar-refractivity contribution in [3.63, 3.8) is 0 Å². The van der Waals surface area contributed by atoms with E-state index in [2.05, 4.69) is 9.72 Å². The number of carbonyl (C=O) groups excluding carboxylic acids is 1. The van der Waals surface area contributed by atoms with E-state index in [0.717, 1.165) is 4.57 Å². The third kappa shape index (κ3) is 3.52. The minimum atomic E-state index is -1.03. The molecular formula is C14H20N2O7. The highest BCUT2D eigenvalue weighted by atomic mass is 16.6. The van der Waals surface area contributed by atoms with Crippen LogP contribution in [0.15, 0.2) is 21.9 Å². The maximum atomic E-state index is 11.9. The van der Waals surface area contributed by atoms with Crippen LogP contribution in [0.1, 0.15) is 19.6 Å². The lowest BCUT2D eigenvalue weighted by molar-refractivity contribution is -0.146. The highest BCUT2D eigenvalue weighted by Gasteiger charge is 2.46. The summed E-state index contributed by atoms with van der Waals surface area (Å²) in [5.41, 5.74) is -1.20. The van der Waals surface area contributed by atoms with Gasteiger partial charge in [-0.05, 0) is 6.42 Å². The van der Waals surface area contributed by atoms with Crippen LogP contribution in [0, 0.1) is 5.92 Å². The predicted molar refractivity (Wildman–Crippen MR) is 77.8 cm³/mol. The standard InChI is InChI=1S/C14H20N2O7/c1-7(13(19)22-3)6-8-10(18)11(21-2)12(23-8)16-5-4-9(17)15-14(16)20/h4-5,7-8,10-12,18H,6H2,1-3H3,(H,15,17,20)/t7?,8-,10+,11?,12-/m1/s1. The molecule has 2 rings (SSSR count). The van der Waals surface area contributed by atoms with Gasteiger partial charge in [-0.15, -0.1) is 0 Å². The van der Waals surface area contributed by atoms with E-state index in [4.69, 9.17) is 9.47 Å². The van der Waals surface area contributed by atoms with Gasteiger partial charge < -0.3 is 19.3 Å². The minimum absolute atomic E-state index is 0.211. The fourth-order valence-electron chi connectivity index (χ4n) is 2.67. The van der Waals surface area contributed by atoms with Gasteiger partial charge in [-0.3, -0.25) is 19.1 Å². The molecule has 0 amide bonds. The van der Waals surface area contributed by atoms with Gasteiger partial charge in [0.25, 0.3) is 5.56 Å². The largest absolute Gasteiger partial charge is 0.469 e. The maximum absolute atomic E-state index is 11.9. The summed E-state index contributed by atoms with van der Waals surface area (Å²) >= 11 is 0. The topological polar surface area (TPSA) is 120 Å². The molecule has 2 N–H and O–H groups in total. The number of aliphatic hydroxyl groups is 1. The molecule has 9 heteroatoms. The number of ether oxygens (including phenoxy) is 3. The van der Waals surface area contributed by atoms with Crippen LogP contribution < -0.4 is 11.2 Å². The molecule has 2 unspecified atom stereocenters. The number of H-pyrrole nitrogens is 1. The molecule has 0 radical (unpaired) electrons. The average Bonchev–Trinajstić information content (AvgIpc) is 2.82. The number of carbonyl (C=O) groups is 1. The summed E-state index contributed by atoms with van der Waals surface area (Å²) in [6.45, 7) is 1.66. The van der Waals surface area contributed by atoms with Gasteiger partial charge in [0.05, 0.1) is 19.1 Å². The number of rotatable bonds is 5. The molecule has 9 nitrogen and oxygen atoms in total. The summed E-state index contributed by atoms with van der Waals surface area (Å²) < 4.78 is 16.7. The number of aliphatic hydroxyl groups excluding tert-OH is 1. The SMILES string of the molecule is COC(=O)C(C)C[C@H]1O[C@@H](n2ccc(=O)[nH]c2=O)C(OC)[C@H]1O. The number of nitrogens with zero attached hydrogens (tertiary/aromatic N) is 1. The van der Waals surface area contributed by atoms with E-state index in [0.29, 0.717) is 0 Å². The average molecular weight is 328 g/mol. The Morgan fingerprint density at radius 1 is 1.48 bits per heavy atom. The van der Waals surface area contributed by atoms with Gasteiger partial charge >= 0.3 is 11.7 Å². The summed E-state index contributed by atoms with van der Waals surface area (Å²) in [6.07, 6.45) is -1.98. The molecule has 0 saturated carbocycles. The van der Waals surface area contributed by atoms with E-state index in [9.17, 15) is 19.5 Å². The lowest BCUT2D eigenvalue weighted by atomic mass is 9.99. The maximum Gasteiger partial charge on any atom is 0.330 e. The van der Waals surface area contributed by atoms with Gasteiger partial charge in [-0.2, -0.15) is 0 Å². The molecule has 2 heterocycles. The Labute approximate surface area is 131 Å². The number of nitrogens with one attached hydrogen (secondary N) is 1. The lowest BCUT2D eigenvalue weighted by Gasteiger charge is -2.20. The first-order valence-corrected chi connectivity index (χ1v) is 7.14. The molecule has 0 aromatic carbocycles. The highest BCUT2D eigenvalue weighted by Crippen LogP contribution is 2.33. The molecule has 1 fully saturated rings. The van der Waals surface area contributed by atoms with Gasteiger partial charge in [-0.25, -0.2) is 4.79 Å². The van der Waals surface area contributed by atoms with Gasteiger partial charge in [0, 0.05) is 19.4 Å². The molecule has 5 atom stereocenters. The van der Waals surface area contributed by atoms with Crippen LogP contribution in [-0.4, -0.2) is 53.2 Å². The summed E-state index contributed by atoms with van der Waals surface area (Å²) in [5.74, 6) is -0.900. The predicted octanol–water partition coefficient (Wildman–Crippen LogP) is -0.991. The number of aromatic nitrogens is 2. The third-order valence-electron chi connectivity index (χ3n) is 3.90. The Morgan fingerprint density at radius 2 is 2.17 bits per heavy atom. The zero-order valence-corrected chi connectivity index (χ0v) is 13.1. The van der Waals surface area contributed by atoms with Crippen molar-refractivity contribution in [2.24, 2.45) is 5.92 Å². The highest BCUT2D eigenvalue weighted by molar-refractivity contribution is 5.71. The van der Waals surface area contributed by atoms with Gasteiger partial charge in [0.2, 0.25) is 0 Å². The number of hydrogen-bond donors (Lipinski definition) is 2. The molecule has 1 aromatic rings. The fraction of sp³-hybridized carbons (Fsp3) is 0.643. The Balaban J connectivity index is 2.23. The van der Waals surface area contributed by atoms with Crippen LogP contribution in [-0.2, 0) is 19.0 Å². The lowest BCUT2D eigenvalue weighted by Crippen LogP contribution is -2.38. The van der Waals surface area contributed by atoms with Gasteiger partial charge in [-0.1, -0.05) is 6.92 Å². The molecule has 0 bridgehead atoms. The summed E-state index contributed by atoms with van der Waals surface area (Å²) in [4.78, 5) is 36.7. The first-order chi connectivity index (χ1) is 10.9. The molecule has 1 aromatic heterocycles. The normalized spacial score (nSPS) is 28.5. The van der Waals surface area contributed by atoms with E-state index in [-0.39, 0.29) is 6.42 Å². The van der Waals surface area contributed by atoms with Crippen molar-refractivity contribution in [2.75, 3.05) is 14.2 Å². The Kier molecular flexibility index (Phi) is 5.34. The number of aromatic amines is 1. The molecule has 1 aliphatic heterocycles. The van der Waals surface area contributed by atoms with Crippen LogP contribution >= 0.6 is 0 Å². The minimum Gasteiger partial charge on any atom is -0.469 e. The Hall–Kier alpha value is -1.97. The first kappa shape index (κ1) is 17.4. The van der Waals surface area contributed by atoms with Crippen molar-refractivity contribution in [1.29, 1.82) is 0 Å². The van der Waals surface area contributed by atoms with Crippen LogP contribution in [0.5, 0.6) is 0 Å². The Bertz CT molecular complexity index is 668.